The van der Waals surface area contributed by atoms with E-state index in [1.54, 1.807) is 22.6 Å². The first kappa shape index (κ1) is 23.3. The van der Waals surface area contributed by atoms with Crippen LogP contribution in [-0.2, 0) is 10.6 Å². The molecule has 3 rings (SSSR count). The van der Waals surface area contributed by atoms with Gasteiger partial charge in [0.2, 0.25) is 0 Å². The number of alkyl halides is 7. The minimum atomic E-state index is -5.07. The van der Waals surface area contributed by atoms with Gasteiger partial charge in [-0.05, 0) is 6.92 Å². The van der Waals surface area contributed by atoms with Gasteiger partial charge in [-0.15, -0.1) is 5.10 Å². The van der Waals surface area contributed by atoms with Crippen molar-refractivity contribution in [3.8, 4) is 11.1 Å². The van der Waals surface area contributed by atoms with Crippen LogP contribution in [-0.4, -0.2) is 31.8 Å². The summed E-state index contributed by atoms with van der Waals surface area (Å²) in [6.45, 7) is 0.638. The summed E-state index contributed by atoms with van der Waals surface area (Å²) < 4.78 is 121. The Balaban J connectivity index is 2.43. The number of aromatic nitrogens is 4. The van der Waals surface area contributed by atoms with Gasteiger partial charge in [0, 0.05) is 16.6 Å². The van der Waals surface area contributed by atoms with Gasteiger partial charge in [0.05, 0.1) is 16.8 Å². The number of hydrogen-bond acceptors (Lipinski definition) is 4. The van der Waals surface area contributed by atoms with Gasteiger partial charge in [-0.1, -0.05) is 22.6 Å². The molecule has 0 saturated carbocycles. The molecule has 1 aromatic carbocycles. The molecule has 15 heteroatoms. The molecule has 1 N–H and O–H groups in total. The fourth-order valence-electron chi connectivity index (χ4n) is 2.63. The molecular weight excluding hydrogens is 560 g/mol. The summed E-state index contributed by atoms with van der Waals surface area (Å²) in [7, 11) is 0. The van der Waals surface area contributed by atoms with E-state index in [1.165, 1.54) is 0 Å². The minimum absolute atomic E-state index is 0.191. The molecule has 0 fully saturated rings. The molecule has 31 heavy (non-hydrogen) atoms. The number of nitrogens with one attached hydrogen (secondary N) is 1. The lowest BCUT2D eigenvalue weighted by molar-refractivity contribution is -0.145. The molecule has 2 aromatic heterocycles. The van der Waals surface area contributed by atoms with Gasteiger partial charge in [0.25, 0.3) is 11.6 Å². The van der Waals surface area contributed by atoms with Crippen LogP contribution in [0.2, 0.25) is 0 Å². The monoisotopic (exact) mass is 569 g/mol. The summed E-state index contributed by atoms with van der Waals surface area (Å²) in [5, 5.41) is 5.02. The number of rotatable bonds is 4. The van der Waals surface area contributed by atoms with Crippen LogP contribution in [0.15, 0.2) is 12.1 Å². The van der Waals surface area contributed by atoms with Crippen molar-refractivity contribution in [2.45, 2.75) is 29.7 Å². The van der Waals surface area contributed by atoms with Crippen molar-refractivity contribution in [1.29, 1.82) is 0 Å². The van der Waals surface area contributed by atoms with Crippen LogP contribution in [0.25, 0.3) is 16.9 Å². The van der Waals surface area contributed by atoms with E-state index in [0.717, 1.165) is 0 Å². The quantitative estimate of drug-likeness (QED) is 0.256. The maximum absolute atomic E-state index is 14.5. The van der Waals surface area contributed by atoms with E-state index in [4.69, 9.17) is 0 Å². The summed E-state index contributed by atoms with van der Waals surface area (Å²) in [5.74, 6) is -7.61. The highest BCUT2D eigenvalue weighted by molar-refractivity contribution is 14.1. The lowest BCUT2D eigenvalue weighted by Gasteiger charge is -2.22. The lowest BCUT2D eigenvalue weighted by Crippen LogP contribution is -2.34. The predicted molar refractivity (Wildman–Crippen MR) is 98.0 cm³/mol. The SMILES string of the molecule is C[C@H](Nc1c(-c2c(F)cc(F)cc2F)c(CI)nc2nc(C(F)(F)F)nn12)C(F)(F)F. The van der Waals surface area contributed by atoms with Crippen LogP contribution in [0, 0.1) is 17.5 Å². The van der Waals surface area contributed by atoms with Crippen LogP contribution in [0.3, 0.4) is 0 Å². The Kier molecular flexibility index (Phi) is 6.01. The van der Waals surface area contributed by atoms with Gasteiger partial charge in [-0.2, -0.15) is 35.8 Å². The van der Waals surface area contributed by atoms with Crippen molar-refractivity contribution in [2.24, 2.45) is 0 Å². The molecule has 3 aromatic rings. The van der Waals surface area contributed by atoms with Crippen LogP contribution >= 0.6 is 22.6 Å². The van der Waals surface area contributed by atoms with E-state index in [-0.39, 0.29) is 26.8 Å². The Bertz CT molecular complexity index is 1120. The first-order chi connectivity index (χ1) is 14.2. The van der Waals surface area contributed by atoms with Gasteiger partial charge in [0.15, 0.2) is 0 Å². The molecule has 168 valence electrons. The van der Waals surface area contributed by atoms with E-state index in [1.807, 2.05) is 5.32 Å². The molecule has 5 nitrogen and oxygen atoms in total. The highest BCUT2D eigenvalue weighted by Crippen LogP contribution is 2.38. The smallest absolute Gasteiger partial charge is 0.358 e. The molecular formula is C16H9F9IN5. The average molecular weight is 569 g/mol. The molecule has 0 unspecified atom stereocenters. The molecule has 0 radical (unpaired) electrons. The molecule has 1 atom stereocenters. The van der Waals surface area contributed by atoms with Crippen molar-refractivity contribution >= 4 is 34.2 Å². The van der Waals surface area contributed by atoms with Crippen molar-refractivity contribution in [3.63, 3.8) is 0 Å². The number of anilines is 1. The maximum Gasteiger partial charge on any atom is 0.453 e. The standard InChI is InChI=1S/C16H9F9IN5/c1-5(15(20,21)22)27-12-11(10-7(18)2-6(17)3-8(10)19)9(4-26)28-14-29-13(16(23,24)25)30-31(12)14/h2-3,5,27H,4H2,1H3/t5-/m0/s1. The maximum atomic E-state index is 14.5. The zero-order valence-electron chi connectivity index (χ0n) is 15.0. The molecule has 0 bridgehead atoms. The molecule has 0 saturated heterocycles. The Labute approximate surface area is 180 Å². The lowest BCUT2D eigenvalue weighted by atomic mass is 10.0. The third-order valence-corrected chi connectivity index (χ3v) is 4.77. The van der Waals surface area contributed by atoms with Gasteiger partial charge in [-0.25, -0.2) is 18.2 Å². The summed E-state index contributed by atoms with van der Waals surface area (Å²) in [6, 6.07) is -1.82. The van der Waals surface area contributed by atoms with E-state index >= 15 is 0 Å². The van der Waals surface area contributed by atoms with Crippen molar-refractivity contribution in [2.75, 3.05) is 5.32 Å². The van der Waals surface area contributed by atoms with Gasteiger partial charge in [0.1, 0.15) is 29.3 Å². The van der Waals surface area contributed by atoms with Gasteiger partial charge >= 0.3 is 12.4 Å². The van der Waals surface area contributed by atoms with E-state index < -0.39 is 64.4 Å². The molecule has 2 heterocycles. The van der Waals surface area contributed by atoms with Crippen LogP contribution in [0.1, 0.15) is 18.4 Å². The Morgan fingerprint density at radius 3 is 2.06 bits per heavy atom. The number of fused-ring (bicyclic) bond motifs is 1. The van der Waals surface area contributed by atoms with E-state index in [2.05, 4.69) is 15.1 Å². The highest BCUT2D eigenvalue weighted by atomic mass is 127. The normalized spacial score (nSPS) is 13.6. The van der Waals surface area contributed by atoms with E-state index in [9.17, 15) is 39.5 Å². The second-order valence-corrected chi connectivity index (χ2v) is 6.98. The fraction of sp³-hybridized carbons (Fsp3) is 0.312. The van der Waals surface area contributed by atoms with Crippen LogP contribution in [0.5, 0.6) is 0 Å². The Morgan fingerprint density at radius 2 is 1.58 bits per heavy atom. The van der Waals surface area contributed by atoms with Gasteiger partial charge < -0.3 is 5.32 Å². The summed E-state index contributed by atoms with van der Waals surface area (Å²) in [4.78, 5) is 6.93. The largest absolute Gasteiger partial charge is 0.453 e. The minimum Gasteiger partial charge on any atom is -0.358 e. The fourth-order valence-corrected chi connectivity index (χ4v) is 3.18. The number of nitrogens with zero attached hydrogens (tertiary/aromatic N) is 4. The van der Waals surface area contributed by atoms with Crippen molar-refractivity contribution in [3.05, 3.63) is 41.1 Å². The first-order valence-corrected chi connectivity index (χ1v) is 9.67. The van der Waals surface area contributed by atoms with Crippen molar-refractivity contribution in [1.82, 2.24) is 19.6 Å². The first-order valence-electron chi connectivity index (χ1n) is 8.15. The van der Waals surface area contributed by atoms with Crippen LogP contribution in [0.4, 0.5) is 45.3 Å². The molecule has 0 aliphatic carbocycles. The van der Waals surface area contributed by atoms with Crippen molar-refractivity contribution < 1.29 is 39.5 Å². The zero-order valence-corrected chi connectivity index (χ0v) is 17.2. The Morgan fingerprint density at radius 1 is 1.00 bits per heavy atom. The third kappa shape index (κ3) is 4.50. The zero-order chi connectivity index (χ0) is 23.3. The second-order valence-electron chi connectivity index (χ2n) is 6.21. The van der Waals surface area contributed by atoms with Crippen LogP contribution < -0.4 is 5.32 Å². The highest BCUT2D eigenvalue weighted by Gasteiger charge is 2.40. The second kappa shape index (κ2) is 7.98. The average Bonchev–Trinajstić information content (AvgIpc) is 3.05. The number of hydrogen-bond donors (Lipinski definition) is 1. The summed E-state index contributed by atoms with van der Waals surface area (Å²) >= 11 is 1.65. The molecule has 0 spiro atoms. The van der Waals surface area contributed by atoms with E-state index in [0.29, 0.717) is 6.92 Å². The predicted octanol–water partition coefficient (Wildman–Crippen LogP) is 5.53. The Hall–Kier alpha value is -2.33. The molecule has 0 aliphatic heterocycles. The topological polar surface area (TPSA) is 55.1 Å². The van der Waals surface area contributed by atoms with Gasteiger partial charge in [-0.3, -0.25) is 0 Å². The molecule has 0 amide bonds. The number of benzene rings is 1. The third-order valence-electron chi connectivity index (χ3n) is 4.04. The summed E-state index contributed by atoms with van der Waals surface area (Å²) in [5.41, 5.74) is -1.93. The summed E-state index contributed by atoms with van der Waals surface area (Å²) in [6.07, 6.45) is -9.96. The molecule has 0 aliphatic rings. The number of halogens is 10.